The molecule has 26 heavy (non-hydrogen) atoms. The molecule has 2 amide bonds. The molecule has 1 atom stereocenters. The van der Waals surface area contributed by atoms with Gasteiger partial charge in [-0.15, -0.1) is 0 Å². The first-order chi connectivity index (χ1) is 12.7. The SMILES string of the molecule is O=C(Nc1ccc(F)cc1)NC1CCN(c2ccc3nccnc3n2)C1. The van der Waals surface area contributed by atoms with Crippen LogP contribution in [-0.4, -0.2) is 40.1 Å². The van der Waals surface area contributed by atoms with Crippen LogP contribution in [0.2, 0.25) is 0 Å². The topological polar surface area (TPSA) is 83.0 Å². The molecule has 2 N–H and O–H groups in total. The molecule has 3 aromatic rings. The molecule has 0 saturated carbocycles. The minimum Gasteiger partial charge on any atom is -0.354 e. The molecule has 8 heteroatoms. The lowest BCUT2D eigenvalue weighted by molar-refractivity contribution is 0.249. The van der Waals surface area contributed by atoms with Gasteiger partial charge in [0, 0.05) is 37.2 Å². The smallest absolute Gasteiger partial charge is 0.319 e. The number of nitrogens with one attached hydrogen (secondary N) is 2. The minimum atomic E-state index is -0.338. The van der Waals surface area contributed by atoms with Crippen LogP contribution in [0.3, 0.4) is 0 Å². The van der Waals surface area contributed by atoms with Crippen molar-refractivity contribution in [3.05, 3.63) is 54.6 Å². The Morgan fingerprint density at radius 2 is 1.92 bits per heavy atom. The number of carbonyl (C=O) groups is 1. The fourth-order valence-corrected chi connectivity index (χ4v) is 2.99. The molecular formula is C18H17FN6O. The van der Waals surface area contributed by atoms with Gasteiger partial charge < -0.3 is 15.5 Å². The van der Waals surface area contributed by atoms with Crippen molar-refractivity contribution in [1.82, 2.24) is 20.3 Å². The van der Waals surface area contributed by atoms with E-state index in [-0.39, 0.29) is 17.9 Å². The lowest BCUT2D eigenvalue weighted by Gasteiger charge is -2.18. The van der Waals surface area contributed by atoms with Crippen molar-refractivity contribution < 1.29 is 9.18 Å². The number of benzene rings is 1. The second-order valence-corrected chi connectivity index (χ2v) is 6.11. The van der Waals surface area contributed by atoms with Gasteiger partial charge in [-0.05, 0) is 42.8 Å². The van der Waals surface area contributed by atoms with Crippen molar-refractivity contribution in [3.8, 4) is 0 Å². The highest BCUT2D eigenvalue weighted by atomic mass is 19.1. The van der Waals surface area contributed by atoms with Crippen molar-refractivity contribution >= 4 is 28.7 Å². The average Bonchev–Trinajstić information content (AvgIpc) is 3.11. The Morgan fingerprint density at radius 1 is 1.12 bits per heavy atom. The van der Waals surface area contributed by atoms with E-state index in [1.165, 1.54) is 24.3 Å². The van der Waals surface area contributed by atoms with Crippen molar-refractivity contribution in [3.63, 3.8) is 0 Å². The molecule has 1 saturated heterocycles. The quantitative estimate of drug-likeness (QED) is 0.757. The summed E-state index contributed by atoms with van der Waals surface area (Å²) in [5.74, 6) is 0.483. The number of amides is 2. The summed E-state index contributed by atoms with van der Waals surface area (Å²) < 4.78 is 12.9. The van der Waals surface area contributed by atoms with E-state index >= 15 is 0 Å². The van der Waals surface area contributed by atoms with E-state index in [2.05, 4.69) is 30.5 Å². The van der Waals surface area contributed by atoms with Gasteiger partial charge in [-0.3, -0.25) is 4.98 Å². The number of nitrogens with zero attached hydrogens (tertiary/aromatic N) is 4. The van der Waals surface area contributed by atoms with Crippen LogP contribution in [0.5, 0.6) is 0 Å². The van der Waals surface area contributed by atoms with E-state index in [4.69, 9.17) is 0 Å². The van der Waals surface area contributed by atoms with Gasteiger partial charge in [0.2, 0.25) is 0 Å². The second kappa shape index (κ2) is 6.91. The van der Waals surface area contributed by atoms with Gasteiger partial charge in [0.25, 0.3) is 0 Å². The monoisotopic (exact) mass is 352 g/mol. The molecular weight excluding hydrogens is 335 g/mol. The van der Waals surface area contributed by atoms with Gasteiger partial charge in [-0.1, -0.05) is 0 Å². The van der Waals surface area contributed by atoms with Crippen molar-refractivity contribution in [2.75, 3.05) is 23.3 Å². The number of anilines is 2. The number of aromatic nitrogens is 3. The Kier molecular flexibility index (Phi) is 4.30. The fraction of sp³-hybridized carbons (Fsp3) is 0.222. The largest absolute Gasteiger partial charge is 0.354 e. The molecule has 1 fully saturated rings. The molecule has 7 nitrogen and oxygen atoms in total. The molecule has 1 unspecified atom stereocenters. The highest BCUT2D eigenvalue weighted by Crippen LogP contribution is 2.20. The standard InChI is InChI=1S/C18H17FN6O/c19-12-1-3-13(4-2-12)22-18(26)23-14-7-10-25(11-14)16-6-5-15-17(24-16)21-9-8-20-15/h1-6,8-9,14H,7,10-11H2,(H2,22,23,26). The third-order valence-corrected chi connectivity index (χ3v) is 4.27. The van der Waals surface area contributed by atoms with E-state index in [1.807, 2.05) is 12.1 Å². The fourth-order valence-electron chi connectivity index (χ4n) is 2.99. The first-order valence-corrected chi connectivity index (χ1v) is 8.33. The Bertz CT molecular complexity index is 932. The average molecular weight is 352 g/mol. The number of pyridine rings is 1. The molecule has 1 aromatic carbocycles. The van der Waals surface area contributed by atoms with E-state index < -0.39 is 0 Å². The summed E-state index contributed by atoms with van der Waals surface area (Å²) in [5, 5.41) is 5.64. The van der Waals surface area contributed by atoms with Gasteiger partial charge in [0.05, 0.1) is 0 Å². The maximum atomic E-state index is 12.9. The van der Waals surface area contributed by atoms with Crippen molar-refractivity contribution in [2.45, 2.75) is 12.5 Å². The normalized spacial score (nSPS) is 16.7. The van der Waals surface area contributed by atoms with E-state index in [0.717, 1.165) is 24.3 Å². The predicted molar refractivity (Wildman–Crippen MR) is 96.5 cm³/mol. The summed E-state index contributed by atoms with van der Waals surface area (Å²) in [5.41, 5.74) is 1.91. The first kappa shape index (κ1) is 16.2. The molecule has 1 aliphatic rings. The summed E-state index contributed by atoms with van der Waals surface area (Å²) in [6.07, 6.45) is 4.07. The predicted octanol–water partition coefficient (Wildman–Crippen LogP) is 2.56. The molecule has 2 aromatic heterocycles. The molecule has 3 heterocycles. The number of hydrogen-bond acceptors (Lipinski definition) is 5. The third kappa shape index (κ3) is 3.53. The van der Waals surface area contributed by atoms with Gasteiger partial charge in [-0.25, -0.2) is 19.2 Å². The van der Waals surface area contributed by atoms with E-state index in [1.54, 1.807) is 12.4 Å². The number of rotatable bonds is 3. The maximum absolute atomic E-state index is 12.9. The zero-order valence-corrected chi connectivity index (χ0v) is 13.9. The number of halogens is 1. The zero-order valence-electron chi connectivity index (χ0n) is 13.9. The molecule has 0 aliphatic carbocycles. The molecule has 0 spiro atoms. The molecule has 132 valence electrons. The second-order valence-electron chi connectivity index (χ2n) is 6.11. The van der Waals surface area contributed by atoms with Crippen molar-refractivity contribution in [1.29, 1.82) is 0 Å². The summed E-state index contributed by atoms with van der Waals surface area (Å²) in [4.78, 5) is 27.2. The van der Waals surface area contributed by atoms with Gasteiger partial charge in [-0.2, -0.15) is 0 Å². The Hall–Kier alpha value is -3.29. The molecule has 0 radical (unpaired) electrons. The molecule has 4 rings (SSSR count). The van der Waals surface area contributed by atoms with Crippen LogP contribution < -0.4 is 15.5 Å². The van der Waals surface area contributed by atoms with Crippen molar-refractivity contribution in [2.24, 2.45) is 0 Å². The van der Waals surface area contributed by atoms with Gasteiger partial charge in [0.15, 0.2) is 5.65 Å². The lowest BCUT2D eigenvalue weighted by atomic mass is 10.3. The van der Waals surface area contributed by atoms with Crippen LogP contribution in [0.25, 0.3) is 11.2 Å². The third-order valence-electron chi connectivity index (χ3n) is 4.27. The summed E-state index contributed by atoms with van der Waals surface area (Å²) >= 11 is 0. The van der Waals surface area contributed by atoms with Crippen LogP contribution in [0, 0.1) is 5.82 Å². The number of carbonyl (C=O) groups excluding carboxylic acids is 1. The zero-order chi connectivity index (χ0) is 17.9. The minimum absolute atomic E-state index is 0.00908. The van der Waals surface area contributed by atoms with Crippen LogP contribution in [0.4, 0.5) is 20.7 Å². The number of hydrogen-bond donors (Lipinski definition) is 2. The summed E-state index contributed by atoms with van der Waals surface area (Å²) in [6.45, 7) is 1.45. The number of fused-ring (bicyclic) bond motifs is 1. The maximum Gasteiger partial charge on any atom is 0.319 e. The van der Waals surface area contributed by atoms with Gasteiger partial charge >= 0.3 is 6.03 Å². The van der Waals surface area contributed by atoms with Crippen LogP contribution in [0.1, 0.15) is 6.42 Å². The first-order valence-electron chi connectivity index (χ1n) is 8.33. The Labute approximate surface area is 149 Å². The Morgan fingerprint density at radius 3 is 2.77 bits per heavy atom. The summed E-state index contributed by atoms with van der Waals surface area (Å²) in [7, 11) is 0. The van der Waals surface area contributed by atoms with Crippen LogP contribution in [0.15, 0.2) is 48.8 Å². The van der Waals surface area contributed by atoms with Crippen LogP contribution in [-0.2, 0) is 0 Å². The highest BCUT2D eigenvalue weighted by molar-refractivity contribution is 5.89. The molecule has 1 aliphatic heterocycles. The molecule has 0 bridgehead atoms. The lowest BCUT2D eigenvalue weighted by Crippen LogP contribution is -2.39. The number of urea groups is 1. The Balaban J connectivity index is 1.36. The van der Waals surface area contributed by atoms with E-state index in [0.29, 0.717) is 17.9 Å². The van der Waals surface area contributed by atoms with Crippen LogP contribution >= 0.6 is 0 Å². The van der Waals surface area contributed by atoms with Gasteiger partial charge in [0.1, 0.15) is 17.2 Å². The highest BCUT2D eigenvalue weighted by Gasteiger charge is 2.25. The van der Waals surface area contributed by atoms with E-state index in [9.17, 15) is 9.18 Å². The summed E-state index contributed by atoms with van der Waals surface area (Å²) in [6, 6.07) is 9.18.